The highest BCUT2D eigenvalue weighted by molar-refractivity contribution is 6.31. The highest BCUT2D eigenvalue weighted by atomic mass is 35.5. The maximum atomic E-state index is 12.2. The largest absolute Gasteiger partial charge is 0.493 e. The molecule has 0 amide bonds. The number of carboxylic acid groups (broad SMARTS) is 1. The Morgan fingerprint density at radius 3 is 2.80 bits per heavy atom. The maximum Gasteiger partial charge on any atom is 0.341 e. The van der Waals surface area contributed by atoms with Gasteiger partial charge in [0.05, 0.1) is 18.8 Å². The first kappa shape index (κ1) is 17.3. The van der Waals surface area contributed by atoms with Gasteiger partial charge in [-0.15, -0.1) is 0 Å². The van der Waals surface area contributed by atoms with Crippen LogP contribution in [0.2, 0.25) is 5.15 Å². The molecule has 132 valence electrons. The van der Waals surface area contributed by atoms with Crippen molar-refractivity contribution in [1.82, 2.24) is 9.55 Å². The number of aromatic carboxylic acids is 1. The molecular formula is C17H17ClN2O5. The Bertz CT molecular complexity index is 907. The van der Waals surface area contributed by atoms with Crippen molar-refractivity contribution < 1.29 is 19.4 Å². The van der Waals surface area contributed by atoms with Gasteiger partial charge in [0.2, 0.25) is 0 Å². The number of halogens is 1. The van der Waals surface area contributed by atoms with Crippen LogP contribution < -0.4 is 14.9 Å². The molecule has 3 heterocycles. The molecule has 0 aromatic carbocycles. The fourth-order valence-corrected chi connectivity index (χ4v) is 3.05. The number of rotatable bonds is 3. The molecule has 0 aliphatic carbocycles. The third kappa shape index (κ3) is 2.95. The van der Waals surface area contributed by atoms with Crippen LogP contribution in [0, 0.1) is 5.92 Å². The van der Waals surface area contributed by atoms with E-state index in [9.17, 15) is 14.7 Å². The molecule has 1 atom stereocenters. The Hall–Kier alpha value is -2.54. The van der Waals surface area contributed by atoms with Crippen LogP contribution >= 0.6 is 11.6 Å². The number of fused-ring (bicyclic) bond motifs is 3. The lowest BCUT2D eigenvalue weighted by Crippen LogP contribution is -2.25. The van der Waals surface area contributed by atoms with Crippen LogP contribution in [-0.2, 0) is 0 Å². The van der Waals surface area contributed by atoms with E-state index < -0.39 is 11.4 Å². The van der Waals surface area contributed by atoms with Crippen LogP contribution in [0.4, 0.5) is 0 Å². The van der Waals surface area contributed by atoms with Crippen LogP contribution in [0.1, 0.15) is 30.2 Å². The van der Waals surface area contributed by atoms with Gasteiger partial charge in [0.1, 0.15) is 17.9 Å². The normalized spacial score (nSPS) is 15.8. The van der Waals surface area contributed by atoms with Gasteiger partial charge in [0, 0.05) is 18.3 Å². The standard InChI is InChI=1S/C17H17ClN2O5/c1-8(2)11-7-25-13-5-14(24-3)16(18)19-15(13)10-4-12(21)9(17(22)23)6-20(10)11/h4-6,8,11H,7H2,1-3H3,(H,22,23)/t11-/m0/s1. The summed E-state index contributed by atoms with van der Waals surface area (Å²) in [6.45, 7) is 4.28. The molecule has 0 radical (unpaired) electrons. The second kappa shape index (κ2) is 6.40. The number of carboxylic acids is 1. The first-order chi connectivity index (χ1) is 11.8. The van der Waals surface area contributed by atoms with Gasteiger partial charge in [-0.2, -0.15) is 0 Å². The van der Waals surface area contributed by atoms with E-state index in [1.165, 1.54) is 19.4 Å². The molecular weight excluding hydrogens is 348 g/mol. The lowest BCUT2D eigenvalue weighted by atomic mass is 10.0. The Balaban J connectivity index is 2.33. The average Bonchev–Trinajstić information content (AvgIpc) is 2.70. The molecule has 1 N–H and O–H groups in total. The molecule has 3 rings (SSSR count). The molecule has 0 fully saturated rings. The van der Waals surface area contributed by atoms with Gasteiger partial charge in [-0.1, -0.05) is 25.4 Å². The highest BCUT2D eigenvalue weighted by Gasteiger charge is 2.28. The molecule has 1 aliphatic rings. The molecule has 1 aliphatic heterocycles. The molecule has 25 heavy (non-hydrogen) atoms. The van der Waals surface area contributed by atoms with E-state index in [1.807, 2.05) is 13.8 Å². The summed E-state index contributed by atoms with van der Waals surface area (Å²) >= 11 is 6.13. The van der Waals surface area contributed by atoms with E-state index in [0.717, 1.165) is 0 Å². The number of carbonyl (C=O) groups is 1. The van der Waals surface area contributed by atoms with Crippen molar-refractivity contribution in [3.63, 3.8) is 0 Å². The Kier molecular flexibility index (Phi) is 4.43. The van der Waals surface area contributed by atoms with E-state index in [4.69, 9.17) is 21.1 Å². The number of hydrogen-bond acceptors (Lipinski definition) is 5. The summed E-state index contributed by atoms with van der Waals surface area (Å²) in [4.78, 5) is 27.9. The summed E-state index contributed by atoms with van der Waals surface area (Å²) in [5, 5.41) is 9.41. The highest BCUT2D eigenvalue weighted by Crippen LogP contribution is 2.39. The van der Waals surface area contributed by atoms with E-state index >= 15 is 0 Å². The zero-order valence-corrected chi connectivity index (χ0v) is 14.7. The smallest absolute Gasteiger partial charge is 0.341 e. The first-order valence-electron chi connectivity index (χ1n) is 7.70. The molecule has 0 saturated heterocycles. The summed E-state index contributed by atoms with van der Waals surface area (Å²) in [6.07, 6.45) is 1.35. The van der Waals surface area contributed by atoms with Crippen molar-refractivity contribution in [3.05, 3.63) is 39.3 Å². The van der Waals surface area contributed by atoms with Gasteiger partial charge in [-0.25, -0.2) is 9.78 Å². The van der Waals surface area contributed by atoms with E-state index in [2.05, 4.69) is 4.98 Å². The van der Waals surface area contributed by atoms with Gasteiger partial charge >= 0.3 is 5.97 Å². The van der Waals surface area contributed by atoms with E-state index in [1.54, 1.807) is 10.6 Å². The molecule has 0 saturated carbocycles. The SMILES string of the molecule is COc1cc2c(nc1Cl)-c1cc(=O)c(C(=O)O)cn1[C@H](C(C)C)CO2. The van der Waals surface area contributed by atoms with Gasteiger partial charge in [-0.05, 0) is 5.92 Å². The monoisotopic (exact) mass is 364 g/mol. The van der Waals surface area contributed by atoms with E-state index in [0.29, 0.717) is 29.5 Å². The van der Waals surface area contributed by atoms with Crippen molar-refractivity contribution in [2.75, 3.05) is 13.7 Å². The summed E-state index contributed by atoms with van der Waals surface area (Å²) in [5.74, 6) is -0.344. The number of methoxy groups -OCH3 is 1. The minimum atomic E-state index is -1.27. The fourth-order valence-electron chi connectivity index (χ4n) is 2.84. The van der Waals surface area contributed by atoms with Crippen molar-refractivity contribution in [2.45, 2.75) is 19.9 Å². The molecule has 0 spiro atoms. The fraction of sp³-hybridized carbons (Fsp3) is 0.353. The molecule has 8 heteroatoms. The number of ether oxygens (including phenoxy) is 2. The average molecular weight is 365 g/mol. The van der Waals surface area contributed by atoms with Gasteiger partial charge in [0.25, 0.3) is 0 Å². The van der Waals surface area contributed by atoms with Crippen LogP contribution in [0.5, 0.6) is 11.5 Å². The second-order valence-electron chi connectivity index (χ2n) is 6.10. The van der Waals surface area contributed by atoms with Crippen molar-refractivity contribution in [1.29, 1.82) is 0 Å². The maximum absolute atomic E-state index is 12.2. The number of hydrogen-bond donors (Lipinski definition) is 1. The summed E-state index contributed by atoms with van der Waals surface area (Å²) in [5.41, 5.74) is -0.0472. The Morgan fingerprint density at radius 1 is 1.48 bits per heavy atom. The van der Waals surface area contributed by atoms with Crippen molar-refractivity contribution >= 4 is 17.6 Å². The topological polar surface area (TPSA) is 90.6 Å². The van der Waals surface area contributed by atoms with Gasteiger partial charge in [-0.3, -0.25) is 4.79 Å². The van der Waals surface area contributed by atoms with Gasteiger partial charge in [0.15, 0.2) is 22.1 Å². The third-order valence-electron chi connectivity index (χ3n) is 4.22. The van der Waals surface area contributed by atoms with Gasteiger partial charge < -0.3 is 19.1 Å². The van der Waals surface area contributed by atoms with E-state index in [-0.39, 0.29) is 22.7 Å². The number of nitrogens with zero attached hydrogens (tertiary/aromatic N) is 2. The Morgan fingerprint density at radius 2 is 2.20 bits per heavy atom. The quantitative estimate of drug-likeness (QED) is 0.842. The lowest BCUT2D eigenvalue weighted by molar-refractivity contribution is 0.0694. The summed E-state index contributed by atoms with van der Waals surface area (Å²) in [6, 6.07) is 2.71. The van der Waals surface area contributed by atoms with Crippen LogP contribution in [0.15, 0.2) is 23.1 Å². The predicted molar refractivity (Wildman–Crippen MR) is 91.8 cm³/mol. The number of aromatic nitrogens is 2. The zero-order chi connectivity index (χ0) is 18.3. The molecule has 7 nitrogen and oxygen atoms in total. The number of pyridine rings is 2. The zero-order valence-electron chi connectivity index (χ0n) is 13.9. The third-order valence-corrected chi connectivity index (χ3v) is 4.49. The predicted octanol–water partition coefficient (Wildman–Crippen LogP) is 2.86. The van der Waals surface area contributed by atoms with Crippen LogP contribution in [0.25, 0.3) is 11.4 Å². The van der Waals surface area contributed by atoms with Crippen LogP contribution in [0.3, 0.4) is 0 Å². The molecule has 2 aromatic heterocycles. The molecule has 2 aromatic rings. The summed E-state index contributed by atoms with van der Waals surface area (Å²) in [7, 11) is 1.47. The first-order valence-corrected chi connectivity index (χ1v) is 8.08. The van der Waals surface area contributed by atoms with Crippen molar-refractivity contribution in [2.24, 2.45) is 5.92 Å². The summed E-state index contributed by atoms with van der Waals surface area (Å²) < 4.78 is 12.8. The second-order valence-corrected chi connectivity index (χ2v) is 6.46. The Labute approximate surface area is 148 Å². The molecule has 0 bridgehead atoms. The lowest BCUT2D eigenvalue weighted by Gasteiger charge is -2.24. The van der Waals surface area contributed by atoms with Crippen LogP contribution in [-0.4, -0.2) is 34.3 Å². The van der Waals surface area contributed by atoms with Crippen molar-refractivity contribution in [3.8, 4) is 22.9 Å². The minimum absolute atomic E-state index is 0.133. The minimum Gasteiger partial charge on any atom is -0.493 e. The molecule has 0 unspecified atom stereocenters.